The van der Waals surface area contributed by atoms with Crippen LogP contribution in [0.15, 0.2) is 91.0 Å². The molecule has 1 aliphatic rings. The smallest absolute Gasteiger partial charge is 0.00131 e. The Morgan fingerprint density at radius 2 is 1.35 bits per heavy atom. The minimum Gasteiger partial charge on any atom is -0.0622 e. The van der Waals surface area contributed by atoms with Gasteiger partial charge in [0.25, 0.3) is 0 Å². The van der Waals surface area contributed by atoms with E-state index in [0.29, 0.717) is 11.8 Å². The zero-order valence-electron chi connectivity index (χ0n) is 18.7. The van der Waals surface area contributed by atoms with Gasteiger partial charge in [0.2, 0.25) is 0 Å². The van der Waals surface area contributed by atoms with Crippen molar-refractivity contribution in [3.63, 3.8) is 0 Å². The monoisotopic (exact) mass is 402 g/mol. The van der Waals surface area contributed by atoms with Crippen molar-refractivity contribution < 1.29 is 0 Å². The van der Waals surface area contributed by atoms with Gasteiger partial charge < -0.3 is 0 Å². The summed E-state index contributed by atoms with van der Waals surface area (Å²) < 4.78 is 0. The van der Waals surface area contributed by atoms with E-state index in [4.69, 9.17) is 0 Å². The highest BCUT2D eigenvalue weighted by Gasteiger charge is 2.22. The first-order chi connectivity index (χ1) is 15.1. The molecule has 5 rings (SSSR count). The summed E-state index contributed by atoms with van der Waals surface area (Å²) in [7, 11) is 0. The largest absolute Gasteiger partial charge is 0.0622 e. The summed E-state index contributed by atoms with van der Waals surface area (Å²) in [6.07, 6.45) is 2.13. The quantitative estimate of drug-likeness (QED) is 0.278. The van der Waals surface area contributed by atoms with Gasteiger partial charge in [-0.3, -0.25) is 0 Å². The number of rotatable bonds is 5. The Morgan fingerprint density at radius 1 is 0.677 bits per heavy atom. The Labute approximate surface area is 186 Å². The maximum Gasteiger partial charge on any atom is -0.00131 e. The highest BCUT2D eigenvalue weighted by Crippen LogP contribution is 2.41. The number of benzene rings is 4. The Hall–Kier alpha value is -3.12. The summed E-state index contributed by atoms with van der Waals surface area (Å²) in [5, 5.41) is 0. The topological polar surface area (TPSA) is 0 Å². The third kappa shape index (κ3) is 3.83. The molecule has 0 spiro atoms. The van der Waals surface area contributed by atoms with E-state index in [2.05, 4.69) is 112 Å². The molecular weight excluding hydrogens is 372 g/mol. The van der Waals surface area contributed by atoms with Crippen LogP contribution >= 0.6 is 0 Å². The van der Waals surface area contributed by atoms with Gasteiger partial charge in [0.15, 0.2) is 0 Å². The van der Waals surface area contributed by atoms with E-state index in [-0.39, 0.29) is 0 Å². The fraction of sp³-hybridized carbons (Fsp3) is 0.226. The van der Waals surface area contributed by atoms with E-state index >= 15 is 0 Å². The first kappa shape index (κ1) is 19.8. The normalized spacial score (nSPS) is 13.2. The van der Waals surface area contributed by atoms with Crippen molar-refractivity contribution in [2.24, 2.45) is 5.92 Å². The second-order valence-electron chi connectivity index (χ2n) is 9.32. The van der Waals surface area contributed by atoms with Crippen LogP contribution in [-0.2, 0) is 12.8 Å². The molecule has 0 aromatic heterocycles. The molecule has 0 saturated heterocycles. The molecule has 4 aromatic carbocycles. The van der Waals surface area contributed by atoms with Crippen LogP contribution in [0.5, 0.6) is 0 Å². The minimum absolute atomic E-state index is 0.551. The number of hydrogen-bond acceptors (Lipinski definition) is 0. The first-order valence-corrected chi connectivity index (χ1v) is 11.5. The molecule has 0 nitrogen and oxygen atoms in total. The first-order valence-electron chi connectivity index (χ1n) is 11.5. The molecule has 0 heterocycles. The summed E-state index contributed by atoms with van der Waals surface area (Å²) >= 11 is 0. The molecule has 0 bridgehead atoms. The van der Waals surface area contributed by atoms with Gasteiger partial charge in [-0.2, -0.15) is 0 Å². The van der Waals surface area contributed by atoms with Crippen LogP contribution in [0.4, 0.5) is 0 Å². The Balaban J connectivity index is 1.46. The van der Waals surface area contributed by atoms with Crippen LogP contribution in [0.3, 0.4) is 0 Å². The zero-order valence-corrected chi connectivity index (χ0v) is 18.7. The molecule has 0 fully saturated rings. The maximum atomic E-state index is 2.46. The van der Waals surface area contributed by atoms with E-state index in [1.54, 1.807) is 0 Å². The standard InChI is InChI=1S/C31H30/c1-21(2)29(24-10-6-4-7-11-24)18-23-14-15-28-26(17-23)19-27-20-30(22(3)16-31(27)28)25-12-8-5-9-13-25/h4-17,20-21,29H,18-19H2,1-3H3. The van der Waals surface area contributed by atoms with Crippen LogP contribution in [0, 0.1) is 12.8 Å². The summed E-state index contributed by atoms with van der Waals surface area (Å²) in [6.45, 7) is 6.92. The third-order valence-corrected chi connectivity index (χ3v) is 6.86. The fourth-order valence-corrected chi connectivity index (χ4v) is 5.16. The molecule has 0 aliphatic heterocycles. The van der Waals surface area contributed by atoms with Gasteiger partial charge in [-0.15, -0.1) is 0 Å². The summed E-state index contributed by atoms with van der Waals surface area (Å²) in [5.41, 5.74) is 12.7. The van der Waals surface area contributed by atoms with Crippen LogP contribution in [0.25, 0.3) is 22.3 Å². The van der Waals surface area contributed by atoms with Crippen molar-refractivity contribution in [2.75, 3.05) is 0 Å². The van der Waals surface area contributed by atoms with Crippen molar-refractivity contribution in [1.82, 2.24) is 0 Å². The van der Waals surface area contributed by atoms with Crippen LogP contribution in [0.1, 0.15) is 47.6 Å². The van der Waals surface area contributed by atoms with Gasteiger partial charge in [-0.05, 0) is 87.7 Å². The number of fused-ring (bicyclic) bond motifs is 3. The lowest BCUT2D eigenvalue weighted by Gasteiger charge is -2.22. The van der Waals surface area contributed by atoms with Gasteiger partial charge in [0, 0.05) is 0 Å². The lowest BCUT2D eigenvalue weighted by molar-refractivity contribution is 0.495. The van der Waals surface area contributed by atoms with Crippen LogP contribution in [-0.4, -0.2) is 0 Å². The van der Waals surface area contributed by atoms with Gasteiger partial charge in [0.05, 0.1) is 0 Å². The molecular formula is C31H30. The number of hydrogen-bond donors (Lipinski definition) is 0. The second kappa shape index (κ2) is 8.19. The summed E-state index contributed by atoms with van der Waals surface area (Å²) in [4.78, 5) is 0. The van der Waals surface area contributed by atoms with Gasteiger partial charge in [-0.1, -0.05) is 98.8 Å². The van der Waals surface area contributed by atoms with Gasteiger partial charge in [-0.25, -0.2) is 0 Å². The molecule has 0 heteroatoms. The average molecular weight is 403 g/mol. The molecule has 0 N–H and O–H groups in total. The van der Waals surface area contributed by atoms with Crippen LogP contribution in [0.2, 0.25) is 0 Å². The molecule has 0 saturated carbocycles. The summed E-state index contributed by atoms with van der Waals surface area (Å²) in [5.74, 6) is 1.17. The van der Waals surface area contributed by atoms with E-state index in [9.17, 15) is 0 Å². The zero-order chi connectivity index (χ0) is 21.4. The average Bonchev–Trinajstić information content (AvgIpc) is 3.14. The second-order valence-corrected chi connectivity index (χ2v) is 9.32. The van der Waals surface area contributed by atoms with Crippen molar-refractivity contribution >= 4 is 0 Å². The molecule has 4 aromatic rings. The predicted octanol–water partition coefficient (Wildman–Crippen LogP) is 8.22. The number of aryl methyl sites for hydroxylation is 1. The summed E-state index contributed by atoms with van der Waals surface area (Å²) in [6, 6.07) is 33.7. The molecule has 31 heavy (non-hydrogen) atoms. The molecule has 1 atom stereocenters. The SMILES string of the molecule is Cc1cc2c(cc1-c1ccccc1)Cc1cc(CC(c3ccccc3)C(C)C)ccc1-2. The minimum atomic E-state index is 0.551. The van der Waals surface area contributed by atoms with E-state index in [1.165, 1.54) is 50.1 Å². The van der Waals surface area contributed by atoms with E-state index < -0.39 is 0 Å². The highest BCUT2D eigenvalue weighted by molar-refractivity contribution is 5.82. The Bertz CT molecular complexity index is 1200. The van der Waals surface area contributed by atoms with Crippen LogP contribution < -0.4 is 0 Å². The van der Waals surface area contributed by atoms with Gasteiger partial charge in [0.1, 0.15) is 0 Å². The van der Waals surface area contributed by atoms with Crippen molar-refractivity contribution in [3.05, 3.63) is 119 Å². The highest BCUT2D eigenvalue weighted by atomic mass is 14.3. The van der Waals surface area contributed by atoms with Crippen molar-refractivity contribution in [1.29, 1.82) is 0 Å². The predicted molar refractivity (Wildman–Crippen MR) is 133 cm³/mol. The Kier molecular flexibility index (Phi) is 5.24. The molecule has 1 unspecified atom stereocenters. The van der Waals surface area contributed by atoms with Gasteiger partial charge >= 0.3 is 0 Å². The lowest BCUT2D eigenvalue weighted by Crippen LogP contribution is -2.10. The molecule has 1 aliphatic carbocycles. The molecule has 0 amide bonds. The Morgan fingerprint density at radius 3 is 2.06 bits per heavy atom. The lowest BCUT2D eigenvalue weighted by atomic mass is 9.83. The maximum absolute atomic E-state index is 2.46. The van der Waals surface area contributed by atoms with E-state index in [1.807, 2.05) is 0 Å². The molecule has 0 radical (unpaired) electrons. The molecule has 154 valence electrons. The van der Waals surface area contributed by atoms with Crippen molar-refractivity contribution in [3.8, 4) is 22.3 Å². The fourth-order valence-electron chi connectivity index (χ4n) is 5.16. The van der Waals surface area contributed by atoms with E-state index in [0.717, 1.165) is 12.8 Å². The van der Waals surface area contributed by atoms with Crippen molar-refractivity contribution in [2.45, 2.75) is 39.5 Å². The third-order valence-electron chi connectivity index (χ3n) is 6.86.